The van der Waals surface area contributed by atoms with Crippen LogP contribution in [0.1, 0.15) is 45.4 Å². The second-order valence-electron chi connectivity index (χ2n) is 4.52. The highest BCUT2D eigenvalue weighted by Crippen LogP contribution is 2.39. The number of rotatable bonds is 1. The summed E-state index contributed by atoms with van der Waals surface area (Å²) in [6.07, 6.45) is 9.27. The van der Waals surface area contributed by atoms with E-state index in [2.05, 4.69) is 13.5 Å². The molecule has 2 rings (SSSR count). The molecule has 0 radical (unpaired) electrons. The van der Waals surface area contributed by atoms with E-state index in [-0.39, 0.29) is 11.9 Å². The summed E-state index contributed by atoms with van der Waals surface area (Å²) in [5.74, 6) is -0.269. The Kier molecular flexibility index (Phi) is 2.93. The molecule has 1 spiro atoms. The lowest BCUT2D eigenvalue weighted by Crippen LogP contribution is -2.46. The van der Waals surface area contributed by atoms with E-state index >= 15 is 0 Å². The molecule has 14 heavy (non-hydrogen) atoms. The van der Waals surface area contributed by atoms with Gasteiger partial charge in [0, 0.05) is 12.8 Å². The van der Waals surface area contributed by atoms with Gasteiger partial charge in [-0.05, 0) is 32.6 Å². The van der Waals surface area contributed by atoms with Crippen molar-refractivity contribution < 1.29 is 9.47 Å². The van der Waals surface area contributed by atoms with Crippen LogP contribution in [0.2, 0.25) is 0 Å². The molecule has 3 atom stereocenters. The second kappa shape index (κ2) is 4.03. The van der Waals surface area contributed by atoms with Crippen molar-refractivity contribution in [2.45, 2.75) is 63.4 Å². The average molecular weight is 196 g/mol. The van der Waals surface area contributed by atoms with E-state index in [1.54, 1.807) is 0 Å². The molecular weight excluding hydrogens is 176 g/mol. The zero-order valence-corrected chi connectivity index (χ0v) is 9.00. The summed E-state index contributed by atoms with van der Waals surface area (Å²) < 4.78 is 12.0. The van der Waals surface area contributed by atoms with Crippen LogP contribution < -0.4 is 0 Å². The fraction of sp³-hybridized carbons (Fsp3) is 0.833. The van der Waals surface area contributed by atoms with Gasteiger partial charge in [-0.15, -0.1) is 6.58 Å². The smallest absolute Gasteiger partial charge is 0.169 e. The Bertz CT molecular complexity index is 210. The molecule has 0 N–H and O–H groups in total. The molecule has 2 aliphatic heterocycles. The van der Waals surface area contributed by atoms with Crippen molar-refractivity contribution in [1.29, 1.82) is 0 Å². The summed E-state index contributed by atoms with van der Waals surface area (Å²) >= 11 is 0. The van der Waals surface area contributed by atoms with Gasteiger partial charge in [-0.3, -0.25) is 0 Å². The highest BCUT2D eigenvalue weighted by Gasteiger charge is 2.40. The monoisotopic (exact) mass is 196 g/mol. The van der Waals surface area contributed by atoms with Gasteiger partial charge in [0.15, 0.2) is 5.79 Å². The fourth-order valence-electron chi connectivity index (χ4n) is 2.55. The maximum absolute atomic E-state index is 5.99. The normalized spacial score (nSPS) is 43.8. The van der Waals surface area contributed by atoms with E-state index in [0.29, 0.717) is 6.10 Å². The van der Waals surface area contributed by atoms with Gasteiger partial charge in [0.25, 0.3) is 0 Å². The van der Waals surface area contributed by atoms with Gasteiger partial charge in [0.2, 0.25) is 0 Å². The average Bonchev–Trinajstić information content (AvgIpc) is 2.17. The van der Waals surface area contributed by atoms with Gasteiger partial charge in [0.1, 0.15) is 0 Å². The molecule has 0 amide bonds. The minimum absolute atomic E-state index is 0.203. The van der Waals surface area contributed by atoms with Crippen molar-refractivity contribution in [2.75, 3.05) is 0 Å². The van der Waals surface area contributed by atoms with Crippen molar-refractivity contribution in [3.63, 3.8) is 0 Å². The third kappa shape index (κ3) is 2.01. The fourth-order valence-corrected chi connectivity index (χ4v) is 2.55. The lowest BCUT2D eigenvalue weighted by molar-refractivity contribution is -0.304. The van der Waals surface area contributed by atoms with E-state index in [1.165, 1.54) is 19.3 Å². The van der Waals surface area contributed by atoms with E-state index < -0.39 is 0 Å². The summed E-state index contributed by atoms with van der Waals surface area (Å²) in [4.78, 5) is 0. The van der Waals surface area contributed by atoms with Crippen LogP contribution in [0.3, 0.4) is 0 Å². The summed E-state index contributed by atoms with van der Waals surface area (Å²) in [7, 11) is 0. The molecule has 2 saturated heterocycles. The molecule has 2 nitrogen and oxygen atoms in total. The SMILES string of the molecule is C=CC1CCCC2(CCC[C@H](C)O2)O1. The van der Waals surface area contributed by atoms with Crippen molar-refractivity contribution in [3.05, 3.63) is 12.7 Å². The highest BCUT2D eigenvalue weighted by molar-refractivity contribution is 4.89. The molecular formula is C12H20O2. The molecule has 2 unspecified atom stereocenters. The number of ether oxygens (including phenoxy) is 2. The van der Waals surface area contributed by atoms with Gasteiger partial charge >= 0.3 is 0 Å². The first-order chi connectivity index (χ1) is 6.74. The maximum Gasteiger partial charge on any atom is 0.169 e. The first-order valence-electron chi connectivity index (χ1n) is 5.72. The maximum atomic E-state index is 5.99. The first-order valence-corrected chi connectivity index (χ1v) is 5.72. The van der Waals surface area contributed by atoms with Crippen LogP contribution in [0.5, 0.6) is 0 Å². The molecule has 2 fully saturated rings. The van der Waals surface area contributed by atoms with E-state index in [1.807, 2.05) is 6.08 Å². The summed E-state index contributed by atoms with van der Waals surface area (Å²) in [5.41, 5.74) is 0. The molecule has 0 saturated carbocycles. The van der Waals surface area contributed by atoms with Crippen molar-refractivity contribution in [1.82, 2.24) is 0 Å². The van der Waals surface area contributed by atoms with Crippen LogP contribution in [0, 0.1) is 0 Å². The largest absolute Gasteiger partial charge is 0.347 e. The number of hydrogen-bond acceptors (Lipinski definition) is 2. The Labute approximate surface area is 86.3 Å². The Hall–Kier alpha value is -0.340. The van der Waals surface area contributed by atoms with Crippen LogP contribution in [0.15, 0.2) is 12.7 Å². The summed E-state index contributed by atoms with van der Waals surface area (Å²) in [6, 6.07) is 0. The third-order valence-electron chi connectivity index (χ3n) is 3.26. The third-order valence-corrected chi connectivity index (χ3v) is 3.26. The summed E-state index contributed by atoms with van der Waals surface area (Å²) in [6.45, 7) is 5.94. The Morgan fingerprint density at radius 1 is 1.21 bits per heavy atom. The molecule has 0 aromatic heterocycles. The molecule has 2 aliphatic rings. The molecule has 2 heteroatoms. The van der Waals surface area contributed by atoms with Crippen LogP contribution >= 0.6 is 0 Å². The molecule has 0 bridgehead atoms. The lowest BCUT2D eigenvalue weighted by atomic mass is 9.93. The predicted octanol–water partition coefficient (Wildman–Crippen LogP) is 3.03. The van der Waals surface area contributed by atoms with Gasteiger partial charge < -0.3 is 9.47 Å². The first kappa shape index (κ1) is 10.2. The van der Waals surface area contributed by atoms with Crippen molar-refractivity contribution in [3.8, 4) is 0 Å². The Morgan fingerprint density at radius 2 is 1.93 bits per heavy atom. The number of hydrogen-bond donors (Lipinski definition) is 0. The zero-order chi connectivity index (χ0) is 10.0. The van der Waals surface area contributed by atoms with Gasteiger partial charge in [0.05, 0.1) is 12.2 Å². The minimum Gasteiger partial charge on any atom is -0.347 e. The molecule has 0 aromatic carbocycles. The van der Waals surface area contributed by atoms with E-state index in [4.69, 9.17) is 9.47 Å². The molecule has 0 aromatic rings. The van der Waals surface area contributed by atoms with Crippen LogP contribution in [-0.4, -0.2) is 18.0 Å². The van der Waals surface area contributed by atoms with Crippen molar-refractivity contribution in [2.24, 2.45) is 0 Å². The van der Waals surface area contributed by atoms with Crippen LogP contribution in [0.25, 0.3) is 0 Å². The summed E-state index contributed by atoms with van der Waals surface area (Å²) in [5, 5.41) is 0. The zero-order valence-electron chi connectivity index (χ0n) is 9.00. The quantitative estimate of drug-likeness (QED) is 0.600. The Morgan fingerprint density at radius 3 is 2.57 bits per heavy atom. The van der Waals surface area contributed by atoms with Crippen LogP contribution in [-0.2, 0) is 9.47 Å². The standard InChI is InChI=1S/C12H20O2/c1-3-11-7-5-9-12(14-11)8-4-6-10(2)13-12/h3,10-11H,1,4-9H2,2H3/t10-,11?,12?/m0/s1. The topological polar surface area (TPSA) is 18.5 Å². The molecule has 0 aliphatic carbocycles. The van der Waals surface area contributed by atoms with E-state index in [0.717, 1.165) is 19.3 Å². The Balaban J connectivity index is 2.02. The predicted molar refractivity (Wildman–Crippen MR) is 56.1 cm³/mol. The highest BCUT2D eigenvalue weighted by atomic mass is 16.7. The molecule has 80 valence electrons. The van der Waals surface area contributed by atoms with Gasteiger partial charge in [-0.2, -0.15) is 0 Å². The van der Waals surface area contributed by atoms with Crippen LogP contribution in [0.4, 0.5) is 0 Å². The lowest BCUT2D eigenvalue weighted by Gasteiger charge is -2.44. The minimum atomic E-state index is -0.269. The molecule has 2 heterocycles. The van der Waals surface area contributed by atoms with Crippen molar-refractivity contribution >= 4 is 0 Å². The van der Waals surface area contributed by atoms with E-state index in [9.17, 15) is 0 Å². The van der Waals surface area contributed by atoms with Gasteiger partial charge in [-0.1, -0.05) is 6.08 Å². The second-order valence-corrected chi connectivity index (χ2v) is 4.52. The van der Waals surface area contributed by atoms with Gasteiger partial charge in [-0.25, -0.2) is 0 Å².